The molecule has 1 unspecified atom stereocenters. The summed E-state index contributed by atoms with van der Waals surface area (Å²) in [7, 11) is 0. The minimum Gasteiger partial charge on any atom is -0.384 e. The average Bonchev–Trinajstić information content (AvgIpc) is 2.28. The van der Waals surface area contributed by atoms with Crippen LogP contribution < -0.4 is 10.6 Å². The van der Waals surface area contributed by atoms with Crippen LogP contribution in [-0.2, 0) is 0 Å². The molecule has 1 atom stereocenters. The molecule has 0 saturated carbocycles. The third-order valence-electron chi connectivity index (χ3n) is 2.94. The van der Waals surface area contributed by atoms with Gasteiger partial charge in [0, 0.05) is 24.1 Å². The number of hydrogen-bond acceptors (Lipinski definition) is 3. The Hall–Kier alpha value is -1.23. The maximum Gasteiger partial charge on any atom is 0.136 e. The van der Waals surface area contributed by atoms with Crippen molar-refractivity contribution < 1.29 is 4.39 Å². The van der Waals surface area contributed by atoms with Crippen molar-refractivity contribution in [3.63, 3.8) is 0 Å². The summed E-state index contributed by atoms with van der Waals surface area (Å²) in [6, 6.07) is 5.20. The molecule has 1 aliphatic heterocycles. The molecule has 0 spiro atoms. The predicted molar refractivity (Wildman–Crippen MR) is 71.5 cm³/mol. The zero-order valence-corrected chi connectivity index (χ0v) is 10.6. The Morgan fingerprint density at radius 2 is 2.35 bits per heavy atom. The number of halogens is 1. The molecule has 1 aromatic rings. The van der Waals surface area contributed by atoms with E-state index in [4.69, 9.17) is 11.1 Å². The van der Waals surface area contributed by atoms with Crippen LogP contribution in [0.1, 0.15) is 12.5 Å². The van der Waals surface area contributed by atoms with Gasteiger partial charge in [-0.05, 0) is 19.1 Å². The molecule has 0 bridgehead atoms. The summed E-state index contributed by atoms with van der Waals surface area (Å²) in [5, 5.41) is 7.51. The Balaban J connectivity index is 2.43. The van der Waals surface area contributed by atoms with Crippen molar-refractivity contribution in [1.29, 1.82) is 5.41 Å². The lowest BCUT2D eigenvalue weighted by atomic mass is 10.1. The van der Waals surface area contributed by atoms with Gasteiger partial charge < -0.3 is 10.6 Å². The topological polar surface area (TPSA) is 53.1 Å². The van der Waals surface area contributed by atoms with Gasteiger partial charge in [0.25, 0.3) is 0 Å². The van der Waals surface area contributed by atoms with Gasteiger partial charge in [-0.25, -0.2) is 4.39 Å². The number of thioether (sulfide) groups is 1. The van der Waals surface area contributed by atoms with E-state index < -0.39 is 5.82 Å². The molecule has 0 aromatic heterocycles. The first-order chi connectivity index (χ1) is 8.11. The SMILES string of the molecule is CC1CSCCN1c1cccc(F)c1C(=N)N. The third kappa shape index (κ3) is 2.39. The highest BCUT2D eigenvalue weighted by molar-refractivity contribution is 7.99. The van der Waals surface area contributed by atoms with Crippen molar-refractivity contribution in [1.82, 2.24) is 0 Å². The largest absolute Gasteiger partial charge is 0.384 e. The van der Waals surface area contributed by atoms with Crippen molar-refractivity contribution in [2.45, 2.75) is 13.0 Å². The van der Waals surface area contributed by atoms with Gasteiger partial charge in [0.2, 0.25) is 0 Å². The monoisotopic (exact) mass is 253 g/mol. The first kappa shape index (κ1) is 12.2. The second kappa shape index (κ2) is 4.96. The molecule has 1 aliphatic rings. The molecule has 5 heteroatoms. The number of rotatable bonds is 2. The highest BCUT2D eigenvalue weighted by Gasteiger charge is 2.23. The number of nitrogens with zero attached hydrogens (tertiary/aromatic N) is 1. The van der Waals surface area contributed by atoms with Gasteiger partial charge in [0.05, 0.1) is 11.3 Å². The van der Waals surface area contributed by atoms with Crippen LogP contribution in [0.15, 0.2) is 18.2 Å². The number of benzene rings is 1. The lowest BCUT2D eigenvalue weighted by Crippen LogP contribution is -2.41. The average molecular weight is 253 g/mol. The van der Waals surface area contributed by atoms with Crippen molar-refractivity contribution >= 4 is 23.3 Å². The molecule has 3 N–H and O–H groups in total. The molecule has 0 radical (unpaired) electrons. The molecule has 1 heterocycles. The summed E-state index contributed by atoms with van der Waals surface area (Å²) in [6.45, 7) is 2.98. The Labute approximate surface area is 105 Å². The second-order valence-electron chi connectivity index (χ2n) is 4.16. The van der Waals surface area contributed by atoms with Crippen LogP contribution in [0.5, 0.6) is 0 Å². The summed E-state index contributed by atoms with van der Waals surface area (Å²) in [5.74, 6) is 1.43. The standard InChI is InChI=1S/C12H16FN3S/c1-8-7-17-6-5-16(8)10-4-2-3-9(13)11(10)12(14)15/h2-4,8H,5-7H2,1H3,(H3,14,15). The van der Waals surface area contributed by atoms with Crippen molar-refractivity contribution in [3.8, 4) is 0 Å². The van der Waals surface area contributed by atoms with E-state index in [0.29, 0.717) is 6.04 Å². The van der Waals surface area contributed by atoms with Crippen LogP contribution >= 0.6 is 11.8 Å². The van der Waals surface area contributed by atoms with Crippen LogP contribution in [0, 0.1) is 11.2 Å². The van der Waals surface area contributed by atoms with E-state index >= 15 is 0 Å². The van der Waals surface area contributed by atoms with E-state index in [2.05, 4.69) is 11.8 Å². The summed E-state index contributed by atoms with van der Waals surface area (Å²) in [5.41, 5.74) is 6.45. The highest BCUT2D eigenvalue weighted by atomic mass is 32.2. The normalized spacial score (nSPS) is 20.4. The molecular weight excluding hydrogens is 237 g/mol. The summed E-state index contributed by atoms with van der Waals surface area (Å²) >= 11 is 1.90. The molecule has 17 heavy (non-hydrogen) atoms. The van der Waals surface area contributed by atoms with Crippen LogP contribution in [0.25, 0.3) is 0 Å². The Morgan fingerprint density at radius 1 is 1.59 bits per heavy atom. The van der Waals surface area contributed by atoms with E-state index in [9.17, 15) is 4.39 Å². The van der Waals surface area contributed by atoms with Gasteiger partial charge >= 0.3 is 0 Å². The molecule has 1 aromatic carbocycles. The Kier molecular flexibility index (Phi) is 3.57. The predicted octanol–water partition coefficient (Wildman–Crippen LogP) is 2.05. The third-order valence-corrected chi connectivity index (χ3v) is 4.13. The molecule has 0 amide bonds. The number of nitrogens with two attached hydrogens (primary N) is 1. The lowest BCUT2D eigenvalue weighted by Gasteiger charge is -2.36. The smallest absolute Gasteiger partial charge is 0.136 e. The molecule has 1 saturated heterocycles. The fourth-order valence-electron chi connectivity index (χ4n) is 2.10. The maximum atomic E-state index is 13.7. The zero-order valence-electron chi connectivity index (χ0n) is 9.74. The summed E-state index contributed by atoms with van der Waals surface area (Å²) in [6.07, 6.45) is 0. The molecular formula is C12H16FN3S. The fourth-order valence-corrected chi connectivity index (χ4v) is 3.12. The van der Waals surface area contributed by atoms with Gasteiger partial charge in [0.1, 0.15) is 11.7 Å². The molecule has 1 fully saturated rings. The zero-order chi connectivity index (χ0) is 12.4. The van der Waals surface area contributed by atoms with Crippen LogP contribution in [0.3, 0.4) is 0 Å². The Bertz CT molecular complexity index is 436. The minimum atomic E-state index is -0.416. The Morgan fingerprint density at radius 3 is 3.00 bits per heavy atom. The quantitative estimate of drug-likeness (QED) is 0.626. The van der Waals surface area contributed by atoms with Gasteiger partial charge in [-0.2, -0.15) is 11.8 Å². The van der Waals surface area contributed by atoms with E-state index in [1.165, 1.54) is 6.07 Å². The van der Waals surface area contributed by atoms with E-state index in [-0.39, 0.29) is 11.4 Å². The van der Waals surface area contributed by atoms with E-state index in [0.717, 1.165) is 23.7 Å². The number of nitrogens with one attached hydrogen (secondary N) is 1. The molecule has 92 valence electrons. The van der Waals surface area contributed by atoms with Gasteiger partial charge in [-0.3, -0.25) is 5.41 Å². The highest BCUT2D eigenvalue weighted by Crippen LogP contribution is 2.28. The summed E-state index contributed by atoms with van der Waals surface area (Å²) < 4.78 is 13.7. The first-order valence-electron chi connectivity index (χ1n) is 5.58. The van der Waals surface area contributed by atoms with Gasteiger partial charge in [-0.15, -0.1) is 0 Å². The minimum absolute atomic E-state index is 0.205. The lowest BCUT2D eigenvalue weighted by molar-refractivity contribution is 0.620. The molecule has 3 nitrogen and oxygen atoms in total. The van der Waals surface area contributed by atoms with Crippen LogP contribution in [0.2, 0.25) is 0 Å². The van der Waals surface area contributed by atoms with Crippen LogP contribution in [0.4, 0.5) is 10.1 Å². The van der Waals surface area contributed by atoms with Crippen LogP contribution in [-0.4, -0.2) is 29.9 Å². The molecule has 0 aliphatic carbocycles. The number of nitrogen functional groups attached to an aromatic ring is 1. The van der Waals surface area contributed by atoms with Crippen molar-refractivity contribution in [2.24, 2.45) is 5.73 Å². The van der Waals surface area contributed by atoms with Gasteiger partial charge in [0.15, 0.2) is 0 Å². The van der Waals surface area contributed by atoms with Crippen molar-refractivity contribution in [2.75, 3.05) is 23.0 Å². The van der Waals surface area contributed by atoms with E-state index in [1.54, 1.807) is 6.07 Å². The van der Waals surface area contributed by atoms with Gasteiger partial charge in [-0.1, -0.05) is 6.07 Å². The number of hydrogen-bond donors (Lipinski definition) is 2. The maximum absolute atomic E-state index is 13.7. The number of anilines is 1. The fraction of sp³-hybridized carbons (Fsp3) is 0.417. The van der Waals surface area contributed by atoms with Crippen molar-refractivity contribution in [3.05, 3.63) is 29.6 Å². The summed E-state index contributed by atoms with van der Waals surface area (Å²) in [4.78, 5) is 2.14. The second-order valence-corrected chi connectivity index (χ2v) is 5.31. The molecule has 2 rings (SSSR count). The van der Waals surface area contributed by atoms with E-state index in [1.807, 2.05) is 17.8 Å². The number of amidine groups is 1. The first-order valence-corrected chi connectivity index (χ1v) is 6.74.